The average Bonchev–Trinajstić information content (AvgIpc) is 2.74. The summed E-state index contributed by atoms with van der Waals surface area (Å²) < 4.78 is 0. The predicted molar refractivity (Wildman–Crippen MR) is 53.9 cm³/mol. The van der Waals surface area contributed by atoms with Crippen LogP contribution in [0.5, 0.6) is 0 Å². The van der Waals surface area contributed by atoms with Crippen LogP contribution in [-0.4, -0.2) is 11.3 Å². The van der Waals surface area contributed by atoms with Crippen molar-refractivity contribution in [3.8, 4) is 0 Å². The van der Waals surface area contributed by atoms with E-state index in [1.807, 2.05) is 36.4 Å². The van der Waals surface area contributed by atoms with Gasteiger partial charge in [0.2, 0.25) is 0 Å². The van der Waals surface area contributed by atoms with Crippen molar-refractivity contribution in [1.29, 1.82) is 0 Å². The third-order valence-corrected chi connectivity index (χ3v) is 1.94. The van der Waals surface area contributed by atoms with Gasteiger partial charge in [-0.1, -0.05) is 36.4 Å². The Balaban J connectivity index is 0.000000132. The number of benzene rings is 1. The topological polar surface area (TPSA) is 30.0 Å². The predicted octanol–water partition coefficient (Wildman–Crippen LogP) is 2.64. The van der Waals surface area contributed by atoms with Crippen LogP contribution in [0.4, 0.5) is 0 Å². The van der Waals surface area contributed by atoms with Crippen LogP contribution in [0.2, 0.25) is 0 Å². The highest BCUT2D eigenvalue weighted by Gasteiger charge is 1.84. The SMILES string of the molecule is O=Cc1cncs1.c1ccccc1. The van der Waals surface area contributed by atoms with E-state index in [1.54, 1.807) is 5.51 Å². The molecule has 0 saturated heterocycles. The first-order valence-corrected chi connectivity index (χ1v) is 4.65. The van der Waals surface area contributed by atoms with Crippen LogP contribution >= 0.6 is 11.3 Å². The van der Waals surface area contributed by atoms with Crippen LogP contribution in [0.3, 0.4) is 0 Å². The van der Waals surface area contributed by atoms with Gasteiger partial charge in [-0.05, 0) is 0 Å². The van der Waals surface area contributed by atoms with Crippen molar-refractivity contribution >= 4 is 17.6 Å². The van der Waals surface area contributed by atoms with Crippen molar-refractivity contribution in [3.63, 3.8) is 0 Å². The molecule has 0 aliphatic rings. The first-order chi connectivity index (χ1) is 6.43. The molecule has 0 radical (unpaired) electrons. The van der Waals surface area contributed by atoms with E-state index in [2.05, 4.69) is 4.98 Å². The monoisotopic (exact) mass is 191 g/mol. The maximum absolute atomic E-state index is 9.84. The zero-order valence-electron chi connectivity index (χ0n) is 6.96. The van der Waals surface area contributed by atoms with Gasteiger partial charge >= 0.3 is 0 Å². The summed E-state index contributed by atoms with van der Waals surface area (Å²) in [6, 6.07) is 12.0. The summed E-state index contributed by atoms with van der Waals surface area (Å²) in [4.78, 5) is 14.2. The number of carbonyl (C=O) groups is 1. The Kier molecular flexibility index (Phi) is 4.49. The molecule has 0 unspecified atom stereocenters. The van der Waals surface area contributed by atoms with Gasteiger partial charge in [0.05, 0.1) is 10.4 Å². The van der Waals surface area contributed by atoms with Crippen LogP contribution in [0.1, 0.15) is 9.67 Å². The Hall–Kier alpha value is -1.48. The van der Waals surface area contributed by atoms with Gasteiger partial charge in [-0.2, -0.15) is 0 Å². The minimum Gasteiger partial charge on any atom is -0.297 e. The fraction of sp³-hybridized carbons (Fsp3) is 0. The molecule has 0 bridgehead atoms. The van der Waals surface area contributed by atoms with Gasteiger partial charge in [0, 0.05) is 6.20 Å². The lowest BCUT2D eigenvalue weighted by molar-refractivity contribution is 0.112. The molecule has 2 nitrogen and oxygen atoms in total. The smallest absolute Gasteiger partial charge is 0.161 e. The second-order valence-electron chi connectivity index (χ2n) is 2.18. The zero-order chi connectivity index (χ0) is 9.36. The van der Waals surface area contributed by atoms with E-state index in [-0.39, 0.29) is 0 Å². The maximum Gasteiger partial charge on any atom is 0.161 e. The number of nitrogens with zero attached hydrogens (tertiary/aromatic N) is 1. The molecule has 2 rings (SSSR count). The highest BCUT2D eigenvalue weighted by molar-refractivity contribution is 7.11. The zero-order valence-corrected chi connectivity index (χ0v) is 7.78. The summed E-state index contributed by atoms with van der Waals surface area (Å²) in [6.07, 6.45) is 2.33. The largest absolute Gasteiger partial charge is 0.297 e. The second-order valence-corrected chi connectivity index (χ2v) is 3.09. The van der Waals surface area contributed by atoms with Crippen molar-refractivity contribution in [2.75, 3.05) is 0 Å². The van der Waals surface area contributed by atoms with E-state index < -0.39 is 0 Å². The van der Waals surface area contributed by atoms with Gasteiger partial charge in [-0.25, -0.2) is 0 Å². The first-order valence-electron chi connectivity index (χ1n) is 3.77. The Morgan fingerprint density at radius 1 is 1.08 bits per heavy atom. The molecule has 0 atom stereocenters. The van der Waals surface area contributed by atoms with Crippen LogP contribution < -0.4 is 0 Å². The van der Waals surface area contributed by atoms with E-state index in [9.17, 15) is 4.79 Å². The number of aldehydes is 1. The lowest BCUT2D eigenvalue weighted by Gasteiger charge is -1.69. The highest BCUT2D eigenvalue weighted by Crippen LogP contribution is 1.99. The van der Waals surface area contributed by atoms with Crippen molar-refractivity contribution in [3.05, 3.63) is 53.0 Å². The van der Waals surface area contributed by atoms with Gasteiger partial charge in [0.1, 0.15) is 0 Å². The van der Waals surface area contributed by atoms with E-state index in [1.165, 1.54) is 17.5 Å². The molecule has 1 aromatic heterocycles. The number of hydrogen-bond donors (Lipinski definition) is 0. The fourth-order valence-corrected chi connectivity index (χ4v) is 1.09. The summed E-state index contributed by atoms with van der Waals surface area (Å²) in [5.41, 5.74) is 1.63. The molecule has 0 spiro atoms. The maximum atomic E-state index is 9.84. The fourth-order valence-electron chi connectivity index (χ4n) is 0.669. The lowest BCUT2D eigenvalue weighted by Crippen LogP contribution is -1.63. The van der Waals surface area contributed by atoms with Crippen molar-refractivity contribution in [2.24, 2.45) is 0 Å². The molecule has 0 saturated carbocycles. The van der Waals surface area contributed by atoms with Gasteiger partial charge in [0.25, 0.3) is 0 Å². The summed E-state index contributed by atoms with van der Waals surface area (Å²) in [5.74, 6) is 0. The summed E-state index contributed by atoms with van der Waals surface area (Å²) in [7, 11) is 0. The average molecular weight is 191 g/mol. The molecule has 3 heteroatoms. The molecule has 0 amide bonds. The Bertz CT molecular complexity index is 291. The molecule has 1 aromatic carbocycles. The Morgan fingerprint density at radius 2 is 1.62 bits per heavy atom. The Morgan fingerprint density at radius 3 is 1.85 bits per heavy atom. The molecular formula is C10H9NOS. The number of thiazole rings is 1. The van der Waals surface area contributed by atoms with Gasteiger partial charge in [0.15, 0.2) is 6.29 Å². The van der Waals surface area contributed by atoms with E-state index in [0.29, 0.717) is 4.88 Å². The number of carbonyl (C=O) groups excluding carboxylic acids is 1. The number of hydrogen-bond acceptors (Lipinski definition) is 3. The minimum atomic E-state index is 0.681. The third kappa shape index (κ3) is 4.18. The molecule has 0 fully saturated rings. The molecule has 0 aliphatic heterocycles. The third-order valence-electron chi connectivity index (χ3n) is 1.23. The van der Waals surface area contributed by atoms with Crippen LogP contribution in [0.15, 0.2) is 48.1 Å². The summed E-state index contributed by atoms with van der Waals surface area (Å²) in [5, 5.41) is 0. The molecule has 2 aromatic rings. The van der Waals surface area contributed by atoms with Gasteiger partial charge in [-0.3, -0.25) is 9.78 Å². The van der Waals surface area contributed by atoms with Gasteiger partial charge < -0.3 is 0 Å². The van der Waals surface area contributed by atoms with Gasteiger partial charge in [-0.15, -0.1) is 11.3 Å². The number of rotatable bonds is 1. The Labute approximate surface area is 80.9 Å². The lowest BCUT2D eigenvalue weighted by atomic mass is 10.4. The first kappa shape index (κ1) is 9.61. The van der Waals surface area contributed by atoms with Crippen molar-refractivity contribution in [2.45, 2.75) is 0 Å². The van der Waals surface area contributed by atoms with E-state index >= 15 is 0 Å². The molecule has 13 heavy (non-hydrogen) atoms. The van der Waals surface area contributed by atoms with Crippen LogP contribution in [-0.2, 0) is 0 Å². The highest BCUT2D eigenvalue weighted by atomic mass is 32.1. The normalized spacial score (nSPS) is 8.31. The standard InChI is InChI=1S/C6H6.C4H3NOS/c1-2-4-6-5-3-1;6-2-4-1-5-3-7-4/h1-6H;1-3H. The molecule has 0 N–H and O–H groups in total. The minimum absolute atomic E-state index is 0.681. The number of aromatic nitrogens is 1. The van der Waals surface area contributed by atoms with Crippen molar-refractivity contribution < 1.29 is 4.79 Å². The second kappa shape index (κ2) is 6.08. The quantitative estimate of drug-likeness (QED) is 0.648. The molecule has 66 valence electrons. The summed E-state index contributed by atoms with van der Waals surface area (Å²) in [6.45, 7) is 0. The molecular weight excluding hydrogens is 182 g/mol. The van der Waals surface area contributed by atoms with Crippen molar-refractivity contribution in [1.82, 2.24) is 4.98 Å². The van der Waals surface area contributed by atoms with E-state index in [4.69, 9.17) is 0 Å². The molecule has 0 aliphatic carbocycles. The summed E-state index contributed by atoms with van der Waals surface area (Å²) >= 11 is 1.34. The van der Waals surface area contributed by atoms with E-state index in [0.717, 1.165) is 6.29 Å². The molecule has 1 heterocycles. The van der Waals surface area contributed by atoms with Crippen LogP contribution in [0.25, 0.3) is 0 Å². The van der Waals surface area contributed by atoms with Crippen LogP contribution in [0, 0.1) is 0 Å².